The lowest BCUT2D eigenvalue weighted by molar-refractivity contribution is 0.0733. The van der Waals surface area contributed by atoms with Crippen LogP contribution in [0.2, 0.25) is 0 Å². The second-order valence-corrected chi connectivity index (χ2v) is 5.33. The number of rotatable bonds is 2. The van der Waals surface area contributed by atoms with E-state index in [1.165, 1.54) is 0 Å². The first-order valence-electron chi connectivity index (χ1n) is 6.58. The molecule has 2 atom stereocenters. The Morgan fingerprint density at radius 2 is 2.17 bits per heavy atom. The number of nitrogens with zero attached hydrogens (tertiary/aromatic N) is 3. The highest BCUT2D eigenvalue weighted by molar-refractivity contribution is 5.98. The number of amides is 1. The van der Waals surface area contributed by atoms with Gasteiger partial charge in [-0.3, -0.25) is 9.48 Å². The average Bonchev–Trinajstić information content (AvgIpc) is 2.78. The molecule has 0 spiro atoms. The van der Waals surface area contributed by atoms with Crippen molar-refractivity contribution >= 4 is 11.6 Å². The van der Waals surface area contributed by atoms with Gasteiger partial charge in [0.1, 0.15) is 5.69 Å². The Balaban J connectivity index is 2.32. The topological polar surface area (TPSA) is 64.2 Å². The van der Waals surface area contributed by atoms with Gasteiger partial charge in [0, 0.05) is 19.6 Å². The minimum absolute atomic E-state index is 0.0130. The Bertz CT molecular complexity index is 466. The number of anilines is 1. The molecule has 1 saturated heterocycles. The minimum atomic E-state index is 0.0130. The van der Waals surface area contributed by atoms with E-state index in [2.05, 4.69) is 18.9 Å². The lowest BCUT2D eigenvalue weighted by atomic mass is 10.1. The first-order chi connectivity index (χ1) is 8.45. The van der Waals surface area contributed by atoms with Crippen LogP contribution in [0.5, 0.6) is 0 Å². The number of hydrogen-bond donors (Lipinski definition) is 1. The molecule has 2 heterocycles. The zero-order valence-corrected chi connectivity index (χ0v) is 11.6. The van der Waals surface area contributed by atoms with E-state index in [0.717, 1.165) is 25.1 Å². The predicted molar refractivity (Wildman–Crippen MR) is 71.3 cm³/mol. The first kappa shape index (κ1) is 12.9. The van der Waals surface area contributed by atoms with Gasteiger partial charge in [0.2, 0.25) is 0 Å². The molecule has 2 N–H and O–H groups in total. The van der Waals surface area contributed by atoms with Crippen molar-refractivity contribution in [3.05, 3.63) is 11.4 Å². The van der Waals surface area contributed by atoms with Crippen LogP contribution < -0.4 is 5.73 Å². The minimum Gasteiger partial charge on any atom is -0.395 e. The van der Waals surface area contributed by atoms with Gasteiger partial charge in [-0.05, 0) is 25.7 Å². The van der Waals surface area contributed by atoms with Crippen LogP contribution in [0, 0.1) is 5.92 Å². The van der Waals surface area contributed by atoms with Crippen LogP contribution in [-0.4, -0.2) is 33.2 Å². The summed E-state index contributed by atoms with van der Waals surface area (Å²) >= 11 is 0. The van der Waals surface area contributed by atoms with Gasteiger partial charge in [0.05, 0.1) is 11.4 Å². The molecule has 2 unspecified atom stereocenters. The van der Waals surface area contributed by atoms with E-state index in [4.69, 9.17) is 5.73 Å². The summed E-state index contributed by atoms with van der Waals surface area (Å²) in [5, 5.41) is 4.31. The Hall–Kier alpha value is -1.52. The number of hydrogen-bond acceptors (Lipinski definition) is 3. The molecule has 18 heavy (non-hydrogen) atoms. The molecule has 100 valence electrons. The highest BCUT2D eigenvalue weighted by Gasteiger charge is 2.33. The molecule has 0 bridgehead atoms. The molecular weight excluding hydrogens is 228 g/mol. The Kier molecular flexibility index (Phi) is 3.32. The van der Waals surface area contributed by atoms with E-state index in [1.54, 1.807) is 11.7 Å². The Morgan fingerprint density at radius 1 is 1.50 bits per heavy atom. The van der Waals surface area contributed by atoms with Crippen LogP contribution in [0.4, 0.5) is 5.69 Å². The van der Waals surface area contributed by atoms with Crippen molar-refractivity contribution in [3.8, 4) is 0 Å². The summed E-state index contributed by atoms with van der Waals surface area (Å²) in [4.78, 5) is 14.5. The van der Waals surface area contributed by atoms with Gasteiger partial charge in [-0.1, -0.05) is 13.8 Å². The van der Waals surface area contributed by atoms with Crippen molar-refractivity contribution in [2.24, 2.45) is 13.0 Å². The largest absolute Gasteiger partial charge is 0.395 e. The molecule has 1 aliphatic rings. The summed E-state index contributed by atoms with van der Waals surface area (Å²) < 4.78 is 1.62. The monoisotopic (exact) mass is 250 g/mol. The third-order valence-electron chi connectivity index (χ3n) is 3.74. The summed E-state index contributed by atoms with van der Waals surface area (Å²) in [5.41, 5.74) is 7.91. The van der Waals surface area contributed by atoms with Crippen molar-refractivity contribution in [1.82, 2.24) is 14.7 Å². The smallest absolute Gasteiger partial charge is 0.274 e. The lowest BCUT2D eigenvalue weighted by Gasteiger charge is -2.21. The molecule has 0 saturated carbocycles. The number of carbonyl (C=O) groups is 1. The highest BCUT2D eigenvalue weighted by atomic mass is 16.2. The fourth-order valence-electron chi connectivity index (χ4n) is 2.83. The maximum absolute atomic E-state index is 12.6. The van der Waals surface area contributed by atoms with E-state index in [-0.39, 0.29) is 11.9 Å². The van der Waals surface area contributed by atoms with Crippen LogP contribution in [0.25, 0.3) is 0 Å². The summed E-state index contributed by atoms with van der Waals surface area (Å²) in [5.74, 6) is 0.572. The van der Waals surface area contributed by atoms with Crippen LogP contribution in [0.15, 0.2) is 0 Å². The molecule has 1 amide bonds. The maximum atomic E-state index is 12.6. The Labute approximate surface area is 108 Å². The summed E-state index contributed by atoms with van der Waals surface area (Å²) in [6.45, 7) is 7.07. The van der Waals surface area contributed by atoms with E-state index < -0.39 is 0 Å². The predicted octanol–water partition coefficient (Wildman–Crippen LogP) is 1.44. The van der Waals surface area contributed by atoms with E-state index >= 15 is 0 Å². The molecule has 1 fully saturated rings. The quantitative estimate of drug-likeness (QED) is 0.863. The molecule has 1 aromatic rings. The van der Waals surface area contributed by atoms with E-state index in [0.29, 0.717) is 17.3 Å². The summed E-state index contributed by atoms with van der Waals surface area (Å²) in [7, 11) is 1.78. The molecule has 1 aromatic heterocycles. The number of aryl methyl sites for hydroxylation is 2. The average molecular weight is 250 g/mol. The lowest BCUT2D eigenvalue weighted by Crippen LogP contribution is -2.35. The zero-order chi connectivity index (χ0) is 13.4. The van der Waals surface area contributed by atoms with E-state index in [9.17, 15) is 4.79 Å². The molecule has 0 aromatic carbocycles. The van der Waals surface area contributed by atoms with Gasteiger partial charge in [-0.25, -0.2) is 0 Å². The number of aromatic nitrogens is 2. The second-order valence-electron chi connectivity index (χ2n) is 5.33. The van der Waals surface area contributed by atoms with Crippen LogP contribution >= 0.6 is 0 Å². The number of carbonyl (C=O) groups excluding carboxylic acids is 1. The third kappa shape index (κ3) is 1.98. The van der Waals surface area contributed by atoms with Gasteiger partial charge in [0.15, 0.2) is 0 Å². The Morgan fingerprint density at radius 3 is 2.61 bits per heavy atom. The summed E-state index contributed by atoms with van der Waals surface area (Å²) in [6, 6.07) is 0.284. The number of nitrogen functional groups attached to an aromatic ring is 1. The van der Waals surface area contributed by atoms with Crippen LogP contribution in [-0.2, 0) is 13.5 Å². The van der Waals surface area contributed by atoms with Gasteiger partial charge in [-0.15, -0.1) is 0 Å². The van der Waals surface area contributed by atoms with E-state index in [1.807, 2.05) is 11.8 Å². The van der Waals surface area contributed by atoms with Gasteiger partial charge in [-0.2, -0.15) is 5.10 Å². The van der Waals surface area contributed by atoms with Gasteiger partial charge in [0.25, 0.3) is 5.91 Å². The van der Waals surface area contributed by atoms with Crippen molar-refractivity contribution in [2.75, 3.05) is 12.3 Å². The normalized spacial score (nSPS) is 23.7. The number of likely N-dealkylation sites (tertiary alicyclic amines) is 1. The molecular formula is C13H22N4O. The first-order valence-corrected chi connectivity index (χ1v) is 6.58. The van der Waals surface area contributed by atoms with Crippen molar-refractivity contribution in [1.29, 1.82) is 0 Å². The fourth-order valence-corrected chi connectivity index (χ4v) is 2.83. The van der Waals surface area contributed by atoms with Crippen molar-refractivity contribution < 1.29 is 4.79 Å². The molecule has 2 rings (SSSR count). The third-order valence-corrected chi connectivity index (χ3v) is 3.74. The molecule has 5 nitrogen and oxygen atoms in total. The maximum Gasteiger partial charge on any atom is 0.274 e. The molecule has 1 aliphatic heterocycles. The molecule has 5 heteroatoms. The SMILES string of the molecule is CCc1nn(C)c(C(=O)N2CC(C)CC2C)c1N. The molecule has 0 aliphatic carbocycles. The van der Waals surface area contributed by atoms with Crippen LogP contribution in [0.3, 0.4) is 0 Å². The molecule has 0 radical (unpaired) electrons. The fraction of sp³-hybridized carbons (Fsp3) is 0.692. The van der Waals surface area contributed by atoms with Gasteiger partial charge < -0.3 is 10.6 Å². The zero-order valence-electron chi connectivity index (χ0n) is 11.6. The highest BCUT2D eigenvalue weighted by Crippen LogP contribution is 2.26. The second kappa shape index (κ2) is 4.63. The van der Waals surface area contributed by atoms with Crippen molar-refractivity contribution in [2.45, 2.75) is 39.7 Å². The summed E-state index contributed by atoms with van der Waals surface area (Å²) in [6.07, 6.45) is 1.81. The van der Waals surface area contributed by atoms with Crippen LogP contribution in [0.1, 0.15) is 43.4 Å². The standard InChI is InChI=1S/C13H22N4O/c1-5-10-11(14)12(16(4)15-10)13(18)17-7-8(2)6-9(17)3/h8-9H,5-7,14H2,1-4H3. The van der Waals surface area contributed by atoms with Gasteiger partial charge >= 0.3 is 0 Å². The van der Waals surface area contributed by atoms with Crippen molar-refractivity contribution in [3.63, 3.8) is 0 Å². The number of nitrogens with two attached hydrogens (primary N) is 1.